The van der Waals surface area contributed by atoms with Gasteiger partial charge in [-0.3, -0.25) is 0 Å². The van der Waals surface area contributed by atoms with Crippen molar-refractivity contribution in [3.05, 3.63) is 35.4 Å². The zero-order chi connectivity index (χ0) is 14.4. The lowest BCUT2D eigenvalue weighted by Crippen LogP contribution is -2.39. The molecule has 0 saturated heterocycles. The molecule has 0 aliphatic rings. The van der Waals surface area contributed by atoms with Crippen molar-refractivity contribution in [2.75, 3.05) is 20.6 Å². The highest BCUT2D eigenvalue weighted by molar-refractivity contribution is 5.18. The van der Waals surface area contributed by atoms with Gasteiger partial charge in [-0.25, -0.2) is 8.78 Å². The van der Waals surface area contributed by atoms with E-state index in [2.05, 4.69) is 24.1 Å². The lowest BCUT2D eigenvalue weighted by atomic mass is 10.0. The number of likely N-dealkylation sites (N-methyl/N-ethyl adjacent to an activating group) is 1. The van der Waals surface area contributed by atoms with Gasteiger partial charge in [0.05, 0.1) is 0 Å². The molecule has 0 aromatic heterocycles. The van der Waals surface area contributed by atoms with Crippen molar-refractivity contribution in [2.45, 2.75) is 32.9 Å². The molecule has 1 aromatic rings. The molecule has 1 N–H and O–H groups in total. The van der Waals surface area contributed by atoms with Crippen LogP contribution in [0.25, 0.3) is 0 Å². The van der Waals surface area contributed by atoms with Crippen molar-refractivity contribution in [3.8, 4) is 0 Å². The van der Waals surface area contributed by atoms with Gasteiger partial charge in [-0.15, -0.1) is 0 Å². The average Bonchev–Trinajstić information content (AvgIpc) is 2.25. The van der Waals surface area contributed by atoms with E-state index in [-0.39, 0.29) is 0 Å². The number of hydrogen-bond donors (Lipinski definition) is 1. The monoisotopic (exact) mass is 270 g/mol. The summed E-state index contributed by atoms with van der Waals surface area (Å²) in [6.45, 7) is 5.67. The standard InChI is InChI=1S/C15H24F2N2/c1-11(2)7-14(10-19(3)4)18-9-12-5-6-13(16)8-15(12)17/h5-6,8,11,14,18H,7,9-10H2,1-4H3. The summed E-state index contributed by atoms with van der Waals surface area (Å²) in [6.07, 6.45) is 1.03. The molecule has 1 aromatic carbocycles. The van der Waals surface area contributed by atoms with Crippen molar-refractivity contribution in [2.24, 2.45) is 5.92 Å². The van der Waals surface area contributed by atoms with E-state index in [4.69, 9.17) is 0 Å². The zero-order valence-corrected chi connectivity index (χ0v) is 12.2. The van der Waals surface area contributed by atoms with Gasteiger partial charge in [0.2, 0.25) is 0 Å². The zero-order valence-electron chi connectivity index (χ0n) is 12.2. The van der Waals surface area contributed by atoms with Crippen molar-refractivity contribution >= 4 is 0 Å². The summed E-state index contributed by atoms with van der Waals surface area (Å²) in [5.41, 5.74) is 0.508. The molecule has 108 valence electrons. The summed E-state index contributed by atoms with van der Waals surface area (Å²) in [4.78, 5) is 2.11. The molecule has 1 unspecified atom stereocenters. The van der Waals surface area contributed by atoms with E-state index in [9.17, 15) is 8.78 Å². The van der Waals surface area contributed by atoms with E-state index in [1.807, 2.05) is 14.1 Å². The first kappa shape index (κ1) is 16.1. The van der Waals surface area contributed by atoms with Crippen LogP contribution in [0.15, 0.2) is 18.2 Å². The Morgan fingerprint density at radius 3 is 2.42 bits per heavy atom. The number of hydrogen-bond acceptors (Lipinski definition) is 2. The third kappa shape index (κ3) is 6.12. The van der Waals surface area contributed by atoms with Crippen LogP contribution in [0.5, 0.6) is 0 Å². The Bertz CT molecular complexity index is 382. The van der Waals surface area contributed by atoms with E-state index in [1.165, 1.54) is 12.1 Å². The second-order valence-corrected chi connectivity index (χ2v) is 5.71. The molecular formula is C15H24F2N2. The predicted octanol–water partition coefficient (Wildman–Crippen LogP) is 3.03. The fourth-order valence-corrected chi connectivity index (χ4v) is 2.15. The molecule has 0 amide bonds. The Labute approximate surface area is 114 Å². The molecule has 0 bridgehead atoms. The van der Waals surface area contributed by atoms with Crippen LogP contribution >= 0.6 is 0 Å². The minimum atomic E-state index is -0.534. The summed E-state index contributed by atoms with van der Waals surface area (Å²) < 4.78 is 26.4. The quantitative estimate of drug-likeness (QED) is 0.819. The van der Waals surface area contributed by atoms with Gasteiger partial charge in [0.15, 0.2) is 0 Å². The highest BCUT2D eigenvalue weighted by atomic mass is 19.1. The van der Waals surface area contributed by atoms with E-state index in [0.717, 1.165) is 19.0 Å². The molecule has 0 saturated carbocycles. The van der Waals surface area contributed by atoms with Crippen molar-refractivity contribution < 1.29 is 8.78 Å². The molecular weight excluding hydrogens is 246 g/mol. The van der Waals surface area contributed by atoms with E-state index in [0.29, 0.717) is 24.1 Å². The van der Waals surface area contributed by atoms with Gasteiger partial charge in [-0.1, -0.05) is 19.9 Å². The molecule has 0 spiro atoms. The Kier molecular flexibility index (Phi) is 6.38. The van der Waals surface area contributed by atoms with Gasteiger partial charge in [0.25, 0.3) is 0 Å². The summed E-state index contributed by atoms with van der Waals surface area (Å²) in [6, 6.07) is 4.03. The molecule has 19 heavy (non-hydrogen) atoms. The normalized spacial score (nSPS) is 13.3. The third-order valence-electron chi connectivity index (χ3n) is 2.94. The third-order valence-corrected chi connectivity index (χ3v) is 2.94. The Hall–Kier alpha value is -1.00. The minimum Gasteiger partial charge on any atom is -0.309 e. The smallest absolute Gasteiger partial charge is 0.130 e. The Balaban J connectivity index is 2.59. The fraction of sp³-hybridized carbons (Fsp3) is 0.600. The molecule has 0 fully saturated rings. The maximum Gasteiger partial charge on any atom is 0.130 e. The molecule has 1 atom stereocenters. The van der Waals surface area contributed by atoms with Crippen LogP contribution in [0.2, 0.25) is 0 Å². The van der Waals surface area contributed by atoms with Crippen LogP contribution in [-0.4, -0.2) is 31.6 Å². The number of benzene rings is 1. The van der Waals surface area contributed by atoms with Gasteiger partial charge in [-0.05, 0) is 32.5 Å². The van der Waals surface area contributed by atoms with Crippen LogP contribution < -0.4 is 5.32 Å². The predicted molar refractivity (Wildman–Crippen MR) is 75.0 cm³/mol. The first-order valence-corrected chi connectivity index (χ1v) is 6.70. The second-order valence-electron chi connectivity index (χ2n) is 5.71. The molecule has 0 aliphatic carbocycles. The van der Waals surface area contributed by atoms with Crippen molar-refractivity contribution in [3.63, 3.8) is 0 Å². The first-order valence-electron chi connectivity index (χ1n) is 6.70. The van der Waals surface area contributed by atoms with Crippen LogP contribution in [0.1, 0.15) is 25.8 Å². The summed E-state index contributed by atoms with van der Waals surface area (Å²) in [5, 5.41) is 3.35. The SMILES string of the molecule is CC(C)CC(CN(C)C)NCc1ccc(F)cc1F. The van der Waals surface area contributed by atoms with Gasteiger partial charge in [0.1, 0.15) is 11.6 Å². The van der Waals surface area contributed by atoms with Gasteiger partial charge in [-0.2, -0.15) is 0 Å². The molecule has 1 rings (SSSR count). The Morgan fingerprint density at radius 1 is 1.21 bits per heavy atom. The van der Waals surface area contributed by atoms with Crippen LogP contribution in [-0.2, 0) is 6.54 Å². The van der Waals surface area contributed by atoms with Crippen LogP contribution in [0, 0.1) is 17.6 Å². The first-order chi connectivity index (χ1) is 8.88. The Morgan fingerprint density at radius 2 is 1.89 bits per heavy atom. The highest BCUT2D eigenvalue weighted by Crippen LogP contribution is 2.11. The summed E-state index contributed by atoms with van der Waals surface area (Å²) in [5.74, 6) is -0.440. The maximum absolute atomic E-state index is 13.5. The lowest BCUT2D eigenvalue weighted by Gasteiger charge is -2.24. The molecule has 0 heterocycles. The fourth-order valence-electron chi connectivity index (χ4n) is 2.15. The number of rotatable bonds is 7. The largest absolute Gasteiger partial charge is 0.309 e. The number of nitrogens with one attached hydrogen (secondary N) is 1. The molecule has 2 nitrogen and oxygen atoms in total. The average molecular weight is 270 g/mol. The molecule has 0 radical (unpaired) electrons. The summed E-state index contributed by atoms with van der Waals surface area (Å²) in [7, 11) is 4.04. The van der Waals surface area contributed by atoms with E-state index in [1.54, 1.807) is 0 Å². The van der Waals surface area contributed by atoms with Crippen molar-refractivity contribution in [1.29, 1.82) is 0 Å². The lowest BCUT2D eigenvalue weighted by molar-refractivity contribution is 0.304. The minimum absolute atomic E-state index is 0.305. The van der Waals surface area contributed by atoms with Gasteiger partial charge >= 0.3 is 0 Å². The van der Waals surface area contributed by atoms with E-state index >= 15 is 0 Å². The highest BCUT2D eigenvalue weighted by Gasteiger charge is 2.12. The van der Waals surface area contributed by atoms with Crippen molar-refractivity contribution in [1.82, 2.24) is 10.2 Å². The topological polar surface area (TPSA) is 15.3 Å². The molecule has 0 aliphatic heterocycles. The second kappa shape index (κ2) is 7.56. The van der Waals surface area contributed by atoms with Crippen LogP contribution in [0.4, 0.5) is 8.78 Å². The molecule has 4 heteroatoms. The summed E-state index contributed by atoms with van der Waals surface area (Å²) >= 11 is 0. The number of nitrogens with zero attached hydrogens (tertiary/aromatic N) is 1. The van der Waals surface area contributed by atoms with Crippen LogP contribution in [0.3, 0.4) is 0 Å². The maximum atomic E-state index is 13.5. The van der Waals surface area contributed by atoms with Gasteiger partial charge < -0.3 is 10.2 Å². The van der Waals surface area contributed by atoms with Gasteiger partial charge in [0, 0.05) is 30.8 Å². The number of halogens is 2. The van der Waals surface area contributed by atoms with E-state index < -0.39 is 11.6 Å².